The number of aromatic nitrogens is 3. The predicted octanol–water partition coefficient (Wildman–Crippen LogP) is 0.0798. The molecule has 3 heterocycles. The van der Waals surface area contributed by atoms with Gasteiger partial charge in [-0.05, 0) is 15.9 Å². The number of esters is 3. The van der Waals surface area contributed by atoms with Gasteiger partial charge in [0.1, 0.15) is 23.1 Å². The van der Waals surface area contributed by atoms with Gasteiger partial charge in [-0.25, -0.2) is 14.3 Å². The van der Waals surface area contributed by atoms with E-state index < -0.39 is 60.0 Å². The maximum absolute atomic E-state index is 13.0. The van der Waals surface area contributed by atoms with E-state index in [0.29, 0.717) is 0 Å². The van der Waals surface area contributed by atoms with Gasteiger partial charge in [-0.1, -0.05) is 13.8 Å². The van der Waals surface area contributed by atoms with Crippen LogP contribution in [0.2, 0.25) is 0 Å². The zero-order valence-electron chi connectivity index (χ0n) is 19.2. The fraction of sp³-hybridized carbons (Fsp3) is 0.500. The molecular weight excluding hydrogens is 534 g/mol. The number of hydrogen-bond acceptors (Lipinski definition) is 11. The minimum Gasteiger partial charge on any atom is -0.463 e. The molecule has 0 aromatic rings. The number of nitrogen functional groups attached to an aromatic ring is 1. The molecule has 1 amide bonds. The van der Waals surface area contributed by atoms with Crippen LogP contribution in [-0.2, 0) is 33.3 Å². The molecule has 3 aliphatic heterocycles. The van der Waals surface area contributed by atoms with Crippen LogP contribution in [0.3, 0.4) is 0 Å². The van der Waals surface area contributed by atoms with Crippen molar-refractivity contribution in [1.82, 2.24) is 14.5 Å². The molecule has 0 unspecified atom stereocenters. The fourth-order valence-corrected chi connectivity index (χ4v) is 4.24. The van der Waals surface area contributed by atoms with Crippen LogP contribution in [0.25, 0.3) is 11.4 Å². The zero-order valence-corrected chi connectivity index (χ0v) is 20.8. The second-order valence-corrected chi connectivity index (χ2v) is 8.80. The third-order valence-corrected chi connectivity index (χ3v) is 5.67. The highest BCUT2D eigenvalue weighted by Gasteiger charge is 2.52. The summed E-state index contributed by atoms with van der Waals surface area (Å²) in [6.45, 7) is 5.13. The van der Waals surface area contributed by atoms with E-state index in [1.165, 1.54) is 0 Å². The monoisotopic (exact) mass is 557 g/mol. The van der Waals surface area contributed by atoms with Gasteiger partial charge in [-0.3, -0.25) is 24.2 Å². The van der Waals surface area contributed by atoms with Gasteiger partial charge in [0.15, 0.2) is 24.3 Å². The van der Waals surface area contributed by atoms with Crippen molar-refractivity contribution in [2.45, 2.75) is 52.2 Å². The van der Waals surface area contributed by atoms with Crippen molar-refractivity contribution >= 4 is 45.6 Å². The lowest BCUT2D eigenvalue weighted by atomic mass is 10.1. The molecule has 35 heavy (non-hydrogen) atoms. The standard InChI is InChI=1S/C20H24BrN5O9/c1-6(2)19(30)32-5-9-12(33-7(3)27)13(34-8(4)28)18(35-9)26-17-11(15(22)25-20(26)31)10(16(23)29)14(21)24-17/h6,9,12-13,18H,5,22H2,1-4H3,(H2,23,29)(H,25,31)/t9-,12-,13+,18-/m0/s1. The van der Waals surface area contributed by atoms with Gasteiger partial charge in [-0.2, -0.15) is 0 Å². The molecule has 0 spiro atoms. The van der Waals surface area contributed by atoms with Gasteiger partial charge in [0.2, 0.25) is 0 Å². The Morgan fingerprint density at radius 1 is 1.17 bits per heavy atom. The molecular formula is C20H24BrN5O9. The van der Waals surface area contributed by atoms with Crippen molar-refractivity contribution in [3.05, 3.63) is 20.7 Å². The van der Waals surface area contributed by atoms with Crippen LogP contribution in [-0.4, -0.2) is 63.3 Å². The van der Waals surface area contributed by atoms with Gasteiger partial charge < -0.3 is 30.4 Å². The van der Waals surface area contributed by atoms with Crippen LogP contribution in [0.1, 0.15) is 44.3 Å². The van der Waals surface area contributed by atoms with Gasteiger partial charge >= 0.3 is 23.6 Å². The van der Waals surface area contributed by atoms with Crippen LogP contribution in [0.15, 0.2) is 9.40 Å². The number of amides is 1. The van der Waals surface area contributed by atoms with Crippen LogP contribution < -0.4 is 17.2 Å². The lowest BCUT2D eigenvalue weighted by molar-refractivity contribution is -0.167. The molecule has 3 aliphatic rings. The minimum atomic E-state index is -1.42. The minimum absolute atomic E-state index is 0.0143. The second kappa shape index (κ2) is 10.0. The average Bonchev–Trinajstić information content (AvgIpc) is 3.23. The number of aromatic amines is 1. The number of halogens is 1. The average molecular weight is 558 g/mol. The summed E-state index contributed by atoms with van der Waals surface area (Å²) in [6, 6.07) is 0. The number of H-pyrrole nitrogens is 1. The highest BCUT2D eigenvalue weighted by molar-refractivity contribution is 9.10. The smallest absolute Gasteiger partial charge is 0.330 e. The van der Waals surface area contributed by atoms with Gasteiger partial charge in [0, 0.05) is 13.8 Å². The Labute approximate surface area is 206 Å². The molecule has 190 valence electrons. The molecule has 1 fully saturated rings. The van der Waals surface area contributed by atoms with Crippen molar-refractivity contribution in [3.63, 3.8) is 0 Å². The fourth-order valence-electron chi connectivity index (χ4n) is 3.68. The molecule has 1 saturated heterocycles. The number of carbonyl (C=O) groups excluding carboxylic acids is 4. The second-order valence-electron chi connectivity index (χ2n) is 8.05. The number of hydrogen-bond donors (Lipinski definition) is 3. The number of primary amides is 1. The Morgan fingerprint density at radius 3 is 2.31 bits per heavy atom. The van der Waals surface area contributed by atoms with Crippen molar-refractivity contribution in [1.29, 1.82) is 0 Å². The number of carbonyl (C=O) groups is 4. The lowest BCUT2D eigenvalue weighted by Crippen LogP contribution is -2.42. The molecule has 3 rings (SSSR count). The number of nitrogens with two attached hydrogens (primary N) is 2. The van der Waals surface area contributed by atoms with Crippen molar-refractivity contribution < 1.29 is 38.1 Å². The SMILES string of the molecule is CC(=O)O[C@@H]1[C@@H](OC(C)=O)[C@@H](n2c3nc(Br)c(C(N)=O)c-3c(N)[nH]c2=O)O[C@H]1COC(=O)C(C)C. The van der Waals surface area contributed by atoms with E-state index in [4.69, 9.17) is 30.4 Å². The Morgan fingerprint density at radius 2 is 1.77 bits per heavy atom. The number of ether oxygens (including phenoxy) is 4. The molecule has 4 atom stereocenters. The van der Waals surface area contributed by atoms with Crippen LogP contribution in [0, 0.1) is 5.92 Å². The lowest BCUT2D eigenvalue weighted by Gasteiger charge is -2.25. The molecule has 0 aromatic carbocycles. The van der Waals surface area contributed by atoms with E-state index in [9.17, 15) is 24.0 Å². The number of nitrogens with zero attached hydrogens (tertiary/aromatic N) is 2. The maximum Gasteiger partial charge on any atom is 0.330 e. The van der Waals surface area contributed by atoms with E-state index in [-0.39, 0.29) is 34.0 Å². The van der Waals surface area contributed by atoms with Crippen LogP contribution in [0.5, 0.6) is 0 Å². The predicted molar refractivity (Wildman–Crippen MR) is 121 cm³/mol. The Hall–Kier alpha value is -3.46. The highest BCUT2D eigenvalue weighted by atomic mass is 79.9. The van der Waals surface area contributed by atoms with Crippen molar-refractivity contribution in [2.24, 2.45) is 11.7 Å². The molecule has 0 aliphatic carbocycles. The number of anilines is 1. The van der Waals surface area contributed by atoms with E-state index in [1.807, 2.05) is 0 Å². The van der Waals surface area contributed by atoms with Crippen LogP contribution in [0.4, 0.5) is 5.82 Å². The van der Waals surface area contributed by atoms with E-state index >= 15 is 0 Å². The summed E-state index contributed by atoms with van der Waals surface area (Å²) in [5, 5.41) is 0. The van der Waals surface area contributed by atoms with Gasteiger partial charge in [0.25, 0.3) is 5.91 Å². The summed E-state index contributed by atoms with van der Waals surface area (Å²) in [4.78, 5) is 67.3. The topological polar surface area (TPSA) is 208 Å². The number of nitrogens with one attached hydrogen (secondary N) is 1. The summed E-state index contributed by atoms with van der Waals surface area (Å²) < 4.78 is 22.9. The normalized spacial score (nSPS) is 21.8. The van der Waals surface area contributed by atoms with Crippen molar-refractivity contribution in [2.75, 3.05) is 12.3 Å². The van der Waals surface area contributed by atoms with E-state index in [0.717, 1.165) is 18.4 Å². The molecule has 0 bridgehead atoms. The maximum atomic E-state index is 13.0. The Kier molecular flexibility index (Phi) is 7.50. The molecule has 0 radical (unpaired) electrons. The summed E-state index contributed by atoms with van der Waals surface area (Å²) in [5.41, 5.74) is 10.5. The largest absolute Gasteiger partial charge is 0.463 e. The van der Waals surface area contributed by atoms with Crippen molar-refractivity contribution in [3.8, 4) is 11.4 Å². The first kappa shape index (κ1) is 26.2. The molecule has 5 N–H and O–H groups in total. The zero-order chi connectivity index (χ0) is 26.2. The third-order valence-electron chi connectivity index (χ3n) is 5.09. The van der Waals surface area contributed by atoms with E-state index in [1.54, 1.807) is 13.8 Å². The quantitative estimate of drug-likeness (QED) is 0.306. The number of fused-ring (bicyclic) bond motifs is 1. The van der Waals surface area contributed by atoms with Crippen LogP contribution >= 0.6 is 15.9 Å². The Balaban J connectivity index is 2.14. The van der Waals surface area contributed by atoms with Gasteiger partial charge in [0.05, 0.1) is 17.0 Å². The third kappa shape index (κ3) is 5.14. The first-order chi connectivity index (χ1) is 16.3. The van der Waals surface area contributed by atoms with E-state index in [2.05, 4.69) is 25.9 Å². The number of rotatable bonds is 7. The highest BCUT2D eigenvalue weighted by Crippen LogP contribution is 2.40. The summed E-state index contributed by atoms with van der Waals surface area (Å²) in [7, 11) is 0. The first-order valence-electron chi connectivity index (χ1n) is 10.4. The Bertz CT molecular complexity index is 1210. The first-order valence-corrected chi connectivity index (χ1v) is 11.2. The summed E-state index contributed by atoms with van der Waals surface area (Å²) >= 11 is 3.13. The summed E-state index contributed by atoms with van der Waals surface area (Å²) in [6.07, 6.45) is -5.15. The molecule has 0 aromatic heterocycles. The van der Waals surface area contributed by atoms with Gasteiger partial charge in [-0.15, -0.1) is 0 Å². The molecule has 15 heteroatoms. The summed E-state index contributed by atoms with van der Waals surface area (Å²) in [5.74, 6) is -3.66. The molecule has 0 saturated carbocycles. The molecule has 14 nitrogen and oxygen atoms in total.